The van der Waals surface area contributed by atoms with Crippen LogP contribution in [0.25, 0.3) is 0 Å². The summed E-state index contributed by atoms with van der Waals surface area (Å²) < 4.78 is 0. The lowest BCUT2D eigenvalue weighted by atomic mass is 9.79. The molecule has 1 N–H and O–H groups in total. The number of amides is 1. The normalized spacial score (nSPS) is 18.4. The van der Waals surface area contributed by atoms with Gasteiger partial charge in [-0.05, 0) is 86.2 Å². The molecule has 3 rings (SSSR count). The Morgan fingerprint density at radius 3 is 2.63 bits per heavy atom. The van der Waals surface area contributed by atoms with E-state index < -0.39 is 0 Å². The molecular weight excluding hydrogens is 358 g/mol. The molecular formula is C22H26ClN3O. The van der Waals surface area contributed by atoms with Crippen molar-refractivity contribution in [3.05, 3.63) is 63.7 Å². The van der Waals surface area contributed by atoms with E-state index in [2.05, 4.69) is 62.3 Å². The van der Waals surface area contributed by atoms with Crippen LogP contribution in [-0.2, 0) is 0 Å². The number of rotatable bonds is 3. The summed E-state index contributed by atoms with van der Waals surface area (Å²) in [6.07, 6.45) is 2.82. The van der Waals surface area contributed by atoms with Crippen LogP contribution in [0.2, 0.25) is 5.02 Å². The zero-order chi connectivity index (χ0) is 19.8. The van der Waals surface area contributed by atoms with E-state index in [0.717, 1.165) is 17.5 Å². The first-order valence-corrected chi connectivity index (χ1v) is 9.54. The largest absolute Gasteiger partial charge is 0.369 e. The monoisotopic (exact) mass is 383 g/mol. The number of hydrogen-bond donors (Lipinski definition) is 1. The Morgan fingerprint density at radius 2 is 1.96 bits per heavy atom. The Bertz CT molecular complexity index is 887. The van der Waals surface area contributed by atoms with E-state index in [9.17, 15) is 4.79 Å². The smallest absolute Gasteiger partial charge is 0.271 e. The van der Waals surface area contributed by atoms with E-state index in [0.29, 0.717) is 16.5 Å². The topological polar surface area (TPSA) is 44.7 Å². The predicted octanol–water partition coefficient (Wildman–Crippen LogP) is 5.13. The number of nitrogens with zero attached hydrogens (tertiary/aromatic N) is 2. The van der Waals surface area contributed by atoms with Crippen molar-refractivity contribution >= 4 is 29.4 Å². The number of hydrogen-bond acceptors (Lipinski definition) is 3. The summed E-state index contributed by atoms with van der Waals surface area (Å²) in [5, 5.41) is 4.75. The summed E-state index contributed by atoms with van der Waals surface area (Å²) in [5.74, 6) is 0.219. The van der Waals surface area contributed by atoms with Gasteiger partial charge in [0.2, 0.25) is 0 Å². The average Bonchev–Trinajstić information content (AvgIpc) is 2.61. The summed E-state index contributed by atoms with van der Waals surface area (Å²) in [4.78, 5) is 14.5. The van der Waals surface area contributed by atoms with Gasteiger partial charge in [-0.3, -0.25) is 4.79 Å². The van der Waals surface area contributed by atoms with Crippen LogP contribution in [-0.4, -0.2) is 24.7 Å². The van der Waals surface area contributed by atoms with Crippen molar-refractivity contribution in [2.75, 3.05) is 11.9 Å². The molecule has 0 unspecified atom stereocenters. The lowest BCUT2D eigenvalue weighted by Crippen LogP contribution is -2.45. The number of halogens is 1. The Labute approximate surface area is 166 Å². The number of fused-ring (bicyclic) bond motifs is 1. The Kier molecular flexibility index (Phi) is 5.29. The number of carbonyl (C=O) groups is 1. The van der Waals surface area contributed by atoms with Crippen LogP contribution >= 0.6 is 11.6 Å². The maximum absolute atomic E-state index is 12.2. The minimum absolute atomic E-state index is 0.140. The number of aryl methyl sites for hydroxylation is 1. The van der Waals surface area contributed by atoms with Crippen LogP contribution in [0.1, 0.15) is 60.2 Å². The molecule has 1 atom stereocenters. The zero-order valence-electron chi connectivity index (χ0n) is 16.5. The van der Waals surface area contributed by atoms with Crippen molar-refractivity contribution < 1.29 is 4.79 Å². The molecule has 1 amide bonds. The molecule has 0 spiro atoms. The summed E-state index contributed by atoms with van der Waals surface area (Å²) in [5.41, 5.74) is 8.00. The molecule has 142 valence electrons. The van der Waals surface area contributed by atoms with Gasteiger partial charge in [-0.15, -0.1) is 0 Å². The van der Waals surface area contributed by atoms with Gasteiger partial charge in [0.25, 0.3) is 5.91 Å². The minimum atomic E-state index is -0.256. The van der Waals surface area contributed by atoms with Crippen molar-refractivity contribution in [2.45, 2.75) is 45.6 Å². The van der Waals surface area contributed by atoms with E-state index in [1.165, 1.54) is 11.3 Å². The number of nitrogens with one attached hydrogen (secondary N) is 1. The first-order valence-electron chi connectivity index (χ1n) is 9.16. The Morgan fingerprint density at radius 1 is 1.30 bits per heavy atom. The van der Waals surface area contributed by atoms with E-state index in [1.54, 1.807) is 30.5 Å². The molecule has 2 aromatic rings. The maximum Gasteiger partial charge on any atom is 0.271 e. The van der Waals surface area contributed by atoms with Gasteiger partial charge in [0.05, 0.1) is 6.21 Å². The lowest BCUT2D eigenvalue weighted by Gasteiger charge is -2.45. The molecule has 2 aromatic carbocycles. The third-order valence-electron chi connectivity index (χ3n) is 5.50. The summed E-state index contributed by atoms with van der Waals surface area (Å²) in [6, 6.07) is 11.1. The zero-order valence-corrected chi connectivity index (χ0v) is 17.3. The highest BCUT2D eigenvalue weighted by atomic mass is 35.5. The van der Waals surface area contributed by atoms with Crippen molar-refractivity contribution in [3.8, 4) is 0 Å². The highest BCUT2D eigenvalue weighted by Gasteiger charge is 2.34. The third kappa shape index (κ3) is 4.01. The van der Waals surface area contributed by atoms with Gasteiger partial charge in [0.1, 0.15) is 0 Å². The van der Waals surface area contributed by atoms with Gasteiger partial charge in [0, 0.05) is 28.9 Å². The molecule has 1 aliphatic rings. The second kappa shape index (κ2) is 7.35. The number of hydrazone groups is 1. The van der Waals surface area contributed by atoms with Crippen LogP contribution in [0.5, 0.6) is 0 Å². The molecule has 0 aliphatic carbocycles. The van der Waals surface area contributed by atoms with Gasteiger partial charge in [-0.2, -0.15) is 5.10 Å². The number of benzene rings is 2. The standard InChI is InChI=1S/C22H26ClN3O/c1-14-10-20-19(15(2)12-22(3,4)26(20)5)11-17(14)13-24-25-21(27)16-6-8-18(23)9-7-16/h6-11,13,15H,12H2,1-5H3,(H,25,27)/b24-13-/t15-/m0/s1. The minimum Gasteiger partial charge on any atom is -0.369 e. The second-order valence-corrected chi connectivity index (χ2v) is 8.39. The molecule has 27 heavy (non-hydrogen) atoms. The summed E-state index contributed by atoms with van der Waals surface area (Å²) in [6.45, 7) is 8.90. The maximum atomic E-state index is 12.2. The van der Waals surface area contributed by atoms with Crippen LogP contribution < -0.4 is 10.3 Å². The van der Waals surface area contributed by atoms with Crippen molar-refractivity contribution in [2.24, 2.45) is 5.10 Å². The molecule has 0 saturated heterocycles. The molecule has 0 aromatic heterocycles. The third-order valence-corrected chi connectivity index (χ3v) is 5.75. The van der Waals surface area contributed by atoms with E-state index in [-0.39, 0.29) is 11.4 Å². The molecule has 0 saturated carbocycles. The first-order chi connectivity index (χ1) is 12.7. The van der Waals surface area contributed by atoms with Gasteiger partial charge < -0.3 is 4.90 Å². The molecule has 0 radical (unpaired) electrons. The Balaban J connectivity index is 1.80. The highest BCUT2D eigenvalue weighted by Crippen LogP contribution is 2.43. The predicted molar refractivity (Wildman–Crippen MR) is 113 cm³/mol. The number of carbonyl (C=O) groups excluding carboxylic acids is 1. The molecule has 0 fully saturated rings. The van der Waals surface area contributed by atoms with E-state index in [4.69, 9.17) is 11.6 Å². The lowest BCUT2D eigenvalue weighted by molar-refractivity contribution is 0.0955. The Hall–Kier alpha value is -2.33. The van der Waals surface area contributed by atoms with Crippen LogP contribution in [0, 0.1) is 6.92 Å². The van der Waals surface area contributed by atoms with Gasteiger partial charge >= 0.3 is 0 Å². The molecule has 0 bridgehead atoms. The first kappa shape index (κ1) is 19.4. The molecule has 1 aliphatic heterocycles. The van der Waals surface area contributed by atoms with Gasteiger partial charge in [0.15, 0.2) is 0 Å². The highest BCUT2D eigenvalue weighted by molar-refractivity contribution is 6.30. The fourth-order valence-corrected chi connectivity index (χ4v) is 3.83. The van der Waals surface area contributed by atoms with Crippen LogP contribution in [0.15, 0.2) is 41.5 Å². The molecule has 1 heterocycles. The molecule has 4 nitrogen and oxygen atoms in total. The van der Waals surface area contributed by atoms with E-state index in [1.807, 2.05) is 0 Å². The van der Waals surface area contributed by atoms with Crippen LogP contribution in [0.4, 0.5) is 5.69 Å². The van der Waals surface area contributed by atoms with E-state index >= 15 is 0 Å². The quantitative estimate of drug-likeness (QED) is 0.589. The van der Waals surface area contributed by atoms with Gasteiger partial charge in [-0.25, -0.2) is 5.43 Å². The molecule has 5 heteroatoms. The SMILES string of the molecule is Cc1cc2c(cc1/C=N\NC(=O)c1ccc(Cl)cc1)[C@@H](C)CC(C)(C)N2C. The fraction of sp³-hybridized carbons (Fsp3) is 0.364. The summed E-state index contributed by atoms with van der Waals surface area (Å²) >= 11 is 5.85. The van der Waals surface area contributed by atoms with Crippen molar-refractivity contribution in [1.29, 1.82) is 0 Å². The summed E-state index contributed by atoms with van der Waals surface area (Å²) in [7, 11) is 2.16. The average molecular weight is 384 g/mol. The number of anilines is 1. The second-order valence-electron chi connectivity index (χ2n) is 7.95. The van der Waals surface area contributed by atoms with Crippen molar-refractivity contribution in [3.63, 3.8) is 0 Å². The van der Waals surface area contributed by atoms with Crippen LogP contribution in [0.3, 0.4) is 0 Å². The fourth-order valence-electron chi connectivity index (χ4n) is 3.70. The van der Waals surface area contributed by atoms with Crippen molar-refractivity contribution in [1.82, 2.24) is 5.43 Å². The van der Waals surface area contributed by atoms with Gasteiger partial charge in [-0.1, -0.05) is 18.5 Å².